The number of ether oxygens (including phenoxy) is 1. The Morgan fingerprint density at radius 3 is 2.52 bits per heavy atom. The number of likely N-dealkylation sites (tertiary alicyclic amines) is 1. The highest BCUT2D eigenvalue weighted by atomic mass is 79.9. The molecule has 0 aliphatic carbocycles. The van der Waals surface area contributed by atoms with Gasteiger partial charge in [0.1, 0.15) is 6.04 Å². The Morgan fingerprint density at radius 2 is 1.84 bits per heavy atom. The van der Waals surface area contributed by atoms with Crippen molar-refractivity contribution >= 4 is 27.5 Å². The molecule has 132 valence electrons. The third-order valence-corrected chi connectivity index (χ3v) is 5.04. The van der Waals surface area contributed by atoms with E-state index in [2.05, 4.69) is 26.1 Å². The molecule has 5 heteroatoms. The average Bonchev–Trinajstić information content (AvgIpc) is 3.13. The zero-order chi connectivity index (χ0) is 17.6. The van der Waals surface area contributed by atoms with Gasteiger partial charge < -0.3 is 10.1 Å². The summed E-state index contributed by atoms with van der Waals surface area (Å²) < 4.78 is 6.26. The van der Waals surface area contributed by atoms with E-state index in [9.17, 15) is 4.79 Å². The summed E-state index contributed by atoms with van der Waals surface area (Å²) in [6.45, 7) is 2.38. The number of hydrogen-bond acceptors (Lipinski definition) is 3. The molecule has 1 aliphatic heterocycles. The largest absolute Gasteiger partial charge is 0.380 e. The van der Waals surface area contributed by atoms with Gasteiger partial charge >= 0.3 is 0 Å². The minimum absolute atomic E-state index is 0.00720. The van der Waals surface area contributed by atoms with E-state index < -0.39 is 0 Å². The number of halogens is 1. The molecule has 1 saturated heterocycles. The summed E-state index contributed by atoms with van der Waals surface area (Å²) in [7, 11) is 1.66. The van der Waals surface area contributed by atoms with Crippen LogP contribution in [0.25, 0.3) is 0 Å². The highest BCUT2D eigenvalue weighted by Crippen LogP contribution is 2.28. The zero-order valence-electron chi connectivity index (χ0n) is 14.4. The Labute approximate surface area is 157 Å². The lowest BCUT2D eigenvalue weighted by Gasteiger charge is -2.27. The predicted molar refractivity (Wildman–Crippen MR) is 103 cm³/mol. The summed E-state index contributed by atoms with van der Waals surface area (Å²) in [4.78, 5) is 15.4. The molecule has 0 bridgehead atoms. The van der Waals surface area contributed by atoms with Crippen molar-refractivity contribution in [3.8, 4) is 0 Å². The number of benzene rings is 2. The normalized spacial score (nSPS) is 15.9. The van der Waals surface area contributed by atoms with Crippen LogP contribution < -0.4 is 5.32 Å². The van der Waals surface area contributed by atoms with Crippen molar-refractivity contribution in [2.75, 3.05) is 25.5 Å². The van der Waals surface area contributed by atoms with Gasteiger partial charge in [-0.15, -0.1) is 0 Å². The maximum absolute atomic E-state index is 13.1. The van der Waals surface area contributed by atoms with Crippen molar-refractivity contribution in [2.24, 2.45) is 0 Å². The number of hydrogen-bond donors (Lipinski definition) is 1. The van der Waals surface area contributed by atoms with E-state index >= 15 is 0 Å². The van der Waals surface area contributed by atoms with Gasteiger partial charge in [-0.25, -0.2) is 0 Å². The van der Waals surface area contributed by atoms with Gasteiger partial charge in [-0.05, 0) is 49.7 Å². The van der Waals surface area contributed by atoms with E-state index in [1.54, 1.807) is 7.11 Å². The van der Waals surface area contributed by atoms with Crippen LogP contribution in [0, 0.1) is 0 Å². The maximum atomic E-state index is 13.1. The van der Waals surface area contributed by atoms with E-state index in [1.165, 1.54) is 0 Å². The second kappa shape index (κ2) is 8.61. The first-order valence-corrected chi connectivity index (χ1v) is 9.35. The van der Waals surface area contributed by atoms with Crippen molar-refractivity contribution in [1.29, 1.82) is 0 Å². The van der Waals surface area contributed by atoms with E-state index in [4.69, 9.17) is 4.74 Å². The van der Waals surface area contributed by atoms with Gasteiger partial charge in [0.15, 0.2) is 0 Å². The van der Waals surface area contributed by atoms with Gasteiger partial charge in [0.2, 0.25) is 5.91 Å². The molecule has 4 nitrogen and oxygen atoms in total. The first-order valence-electron chi connectivity index (χ1n) is 8.56. The third-order valence-electron chi connectivity index (χ3n) is 4.51. The molecule has 1 aliphatic rings. The summed E-state index contributed by atoms with van der Waals surface area (Å²) in [5.74, 6) is 0.00720. The highest BCUT2D eigenvalue weighted by Gasteiger charge is 2.30. The molecule has 0 spiro atoms. The van der Waals surface area contributed by atoms with Gasteiger partial charge in [0, 0.05) is 22.8 Å². The van der Waals surface area contributed by atoms with Crippen LogP contribution in [0.15, 0.2) is 53.0 Å². The second-order valence-corrected chi connectivity index (χ2v) is 7.19. The summed E-state index contributed by atoms with van der Waals surface area (Å²) in [6, 6.07) is 15.5. The van der Waals surface area contributed by atoms with Crippen molar-refractivity contribution < 1.29 is 9.53 Å². The molecule has 25 heavy (non-hydrogen) atoms. The number of carbonyl (C=O) groups is 1. The van der Waals surface area contributed by atoms with Crippen LogP contribution in [-0.2, 0) is 16.1 Å². The van der Waals surface area contributed by atoms with Crippen LogP contribution in [0.3, 0.4) is 0 Å². The Balaban J connectivity index is 1.85. The lowest BCUT2D eigenvalue weighted by Crippen LogP contribution is -2.35. The van der Waals surface area contributed by atoms with Gasteiger partial charge in [-0.2, -0.15) is 0 Å². The average molecular weight is 403 g/mol. The molecular formula is C20H23BrN2O2. The van der Waals surface area contributed by atoms with Crippen LogP contribution in [0.1, 0.15) is 30.0 Å². The van der Waals surface area contributed by atoms with Crippen LogP contribution in [0.5, 0.6) is 0 Å². The summed E-state index contributed by atoms with van der Waals surface area (Å²) in [5.41, 5.74) is 2.82. The molecule has 0 aromatic heterocycles. The second-order valence-electron chi connectivity index (χ2n) is 6.28. The number of nitrogens with one attached hydrogen (secondary N) is 1. The number of amides is 1. The molecule has 2 aromatic rings. The summed E-state index contributed by atoms with van der Waals surface area (Å²) >= 11 is 3.47. The number of para-hydroxylation sites is 1. The molecule has 2 aromatic carbocycles. The molecule has 1 N–H and O–H groups in total. The summed E-state index contributed by atoms with van der Waals surface area (Å²) in [5, 5.41) is 3.11. The van der Waals surface area contributed by atoms with Crippen molar-refractivity contribution in [2.45, 2.75) is 25.5 Å². The van der Waals surface area contributed by atoms with E-state index in [0.717, 1.165) is 47.2 Å². The molecule has 3 rings (SSSR count). The Bertz CT molecular complexity index is 712. The zero-order valence-corrected chi connectivity index (χ0v) is 16.0. The Morgan fingerprint density at radius 1 is 1.16 bits per heavy atom. The molecule has 0 saturated carbocycles. The third kappa shape index (κ3) is 4.48. The van der Waals surface area contributed by atoms with Crippen LogP contribution in [0.4, 0.5) is 5.69 Å². The van der Waals surface area contributed by atoms with Crippen LogP contribution >= 0.6 is 15.9 Å². The minimum Gasteiger partial charge on any atom is -0.380 e. The van der Waals surface area contributed by atoms with E-state index in [0.29, 0.717) is 6.61 Å². The van der Waals surface area contributed by atoms with Gasteiger partial charge in [0.05, 0.1) is 6.61 Å². The van der Waals surface area contributed by atoms with Gasteiger partial charge in [0.25, 0.3) is 0 Å². The summed E-state index contributed by atoms with van der Waals surface area (Å²) in [6.07, 6.45) is 2.28. The standard InChI is InChI=1S/C20H23BrN2O2/c1-25-14-16-6-2-3-7-18(16)22-20(24)19(23-12-4-5-13-23)15-8-10-17(21)11-9-15/h2-3,6-11,19H,4-5,12-14H2,1H3,(H,22,24). The fraction of sp³-hybridized carbons (Fsp3) is 0.350. The number of nitrogens with zero attached hydrogens (tertiary/aromatic N) is 1. The monoisotopic (exact) mass is 402 g/mol. The van der Waals surface area contributed by atoms with Gasteiger partial charge in [-0.1, -0.05) is 46.3 Å². The van der Waals surface area contributed by atoms with Crippen molar-refractivity contribution in [3.05, 3.63) is 64.1 Å². The lowest BCUT2D eigenvalue weighted by molar-refractivity contribution is -0.121. The number of methoxy groups -OCH3 is 1. The quantitative estimate of drug-likeness (QED) is 0.779. The fourth-order valence-electron chi connectivity index (χ4n) is 3.30. The SMILES string of the molecule is COCc1ccccc1NC(=O)C(c1ccc(Br)cc1)N1CCCC1. The number of rotatable bonds is 6. The van der Waals surface area contributed by atoms with Crippen molar-refractivity contribution in [3.63, 3.8) is 0 Å². The topological polar surface area (TPSA) is 41.6 Å². The fourth-order valence-corrected chi connectivity index (χ4v) is 3.56. The number of carbonyl (C=O) groups excluding carboxylic acids is 1. The first kappa shape index (κ1) is 18.1. The number of anilines is 1. The molecule has 1 atom stereocenters. The van der Waals surface area contributed by atoms with E-state index in [1.807, 2.05) is 48.5 Å². The van der Waals surface area contributed by atoms with Crippen LogP contribution in [0.2, 0.25) is 0 Å². The highest BCUT2D eigenvalue weighted by molar-refractivity contribution is 9.10. The van der Waals surface area contributed by atoms with Crippen molar-refractivity contribution in [1.82, 2.24) is 4.90 Å². The lowest BCUT2D eigenvalue weighted by atomic mass is 10.0. The van der Waals surface area contributed by atoms with Crippen LogP contribution in [-0.4, -0.2) is 31.0 Å². The molecular weight excluding hydrogens is 380 g/mol. The Kier molecular flexibility index (Phi) is 6.24. The molecule has 1 heterocycles. The van der Waals surface area contributed by atoms with E-state index in [-0.39, 0.29) is 11.9 Å². The van der Waals surface area contributed by atoms with Gasteiger partial charge in [-0.3, -0.25) is 9.69 Å². The minimum atomic E-state index is -0.272. The smallest absolute Gasteiger partial charge is 0.246 e. The maximum Gasteiger partial charge on any atom is 0.246 e. The molecule has 1 fully saturated rings. The molecule has 0 radical (unpaired) electrons. The molecule has 1 amide bonds. The molecule has 1 unspecified atom stereocenters. The Hall–Kier alpha value is -1.69. The predicted octanol–water partition coefficient (Wildman–Crippen LogP) is 4.37. The first-order chi connectivity index (χ1) is 12.2.